The van der Waals surface area contributed by atoms with Crippen LogP contribution in [-0.4, -0.2) is 42.1 Å². The van der Waals surface area contributed by atoms with Gasteiger partial charge < -0.3 is 5.73 Å². The lowest BCUT2D eigenvalue weighted by Gasteiger charge is -2.36. The van der Waals surface area contributed by atoms with E-state index >= 15 is 0 Å². The van der Waals surface area contributed by atoms with E-state index in [1.807, 2.05) is 0 Å². The minimum absolute atomic E-state index is 0.117. The molecule has 0 aliphatic heterocycles. The maximum Gasteiger partial charge on any atom is 0.246 e. The summed E-state index contributed by atoms with van der Waals surface area (Å²) in [7, 11) is -2.01. The molecule has 0 radical (unpaired) electrons. The zero-order valence-corrected chi connectivity index (χ0v) is 16.8. The van der Waals surface area contributed by atoms with E-state index in [1.54, 1.807) is 14.0 Å². The highest BCUT2D eigenvalue weighted by atomic mass is 32.2. The van der Waals surface area contributed by atoms with Crippen molar-refractivity contribution in [2.45, 2.75) is 56.0 Å². The number of hydrogen-bond acceptors (Lipinski definition) is 4. The van der Waals surface area contributed by atoms with Crippen LogP contribution in [0.4, 0.5) is 8.78 Å². The first kappa shape index (κ1) is 20.9. The first-order valence-electron chi connectivity index (χ1n) is 9.37. The number of aromatic amines is 1. The van der Waals surface area contributed by atoms with Gasteiger partial charge in [-0.05, 0) is 68.7 Å². The van der Waals surface area contributed by atoms with Crippen molar-refractivity contribution in [3.05, 3.63) is 47.3 Å². The van der Waals surface area contributed by atoms with Crippen LogP contribution in [-0.2, 0) is 16.4 Å². The molecule has 1 aliphatic carbocycles. The van der Waals surface area contributed by atoms with Crippen molar-refractivity contribution in [2.75, 3.05) is 7.05 Å². The van der Waals surface area contributed by atoms with Crippen molar-refractivity contribution in [3.8, 4) is 0 Å². The number of aryl methyl sites for hydroxylation is 1. The summed E-state index contributed by atoms with van der Waals surface area (Å²) in [5.74, 6) is -0.786. The minimum atomic E-state index is -3.61. The predicted molar refractivity (Wildman–Crippen MR) is 102 cm³/mol. The van der Waals surface area contributed by atoms with Gasteiger partial charge in [0.15, 0.2) is 0 Å². The summed E-state index contributed by atoms with van der Waals surface area (Å²) in [6, 6.07) is 2.98. The molecule has 0 saturated heterocycles. The smallest absolute Gasteiger partial charge is 0.246 e. The van der Waals surface area contributed by atoms with Crippen molar-refractivity contribution in [3.63, 3.8) is 0 Å². The maximum atomic E-state index is 13.9. The largest absolute Gasteiger partial charge is 0.327 e. The SMILES string of the molecule is Cc1[nH]ncc1S(=O)(=O)N(C)C1CCC([C@H](N)Cc2cc(F)ccc2F)CC1. The Kier molecular flexibility index (Phi) is 6.16. The number of rotatable bonds is 6. The molecule has 0 amide bonds. The monoisotopic (exact) mass is 412 g/mol. The molecule has 2 aromatic rings. The zero-order chi connectivity index (χ0) is 20.5. The van der Waals surface area contributed by atoms with Crippen LogP contribution in [0, 0.1) is 24.5 Å². The summed E-state index contributed by atoms with van der Waals surface area (Å²) in [6.07, 6.45) is 4.44. The molecule has 9 heteroatoms. The molecule has 1 aromatic heterocycles. The van der Waals surface area contributed by atoms with Gasteiger partial charge in [0, 0.05) is 19.1 Å². The van der Waals surface area contributed by atoms with Gasteiger partial charge in [-0.2, -0.15) is 9.40 Å². The van der Waals surface area contributed by atoms with Gasteiger partial charge >= 0.3 is 0 Å². The minimum Gasteiger partial charge on any atom is -0.327 e. The Bertz CT molecular complexity index is 924. The van der Waals surface area contributed by atoms with Gasteiger partial charge in [-0.15, -0.1) is 0 Å². The van der Waals surface area contributed by atoms with Crippen molar-refractivity contribution < 1.29 is 17.2 Å². The standard InChI is InChI=1S/C19H26F2N4O2S/c1-12-19(11-23-24-12)28(26,27)25(2)16-6-3-13(4-7-16)18(22)10-14-9-15(20)5-8-17(14)21/h5,8-9,11,13,16,18H,3-4,6-7,10,22H2,1-2H3,(H,23,24)/t13?,16?,18-/m1/s1. The Morgan fingerprint density at radius 1 is 1.29 bits per heavy atom. The number of sulfonamides is 1. The van der Waals surface area contributed by atoms with Crippen LogP contribution in [0.5, 0.6) is 0 Å². The second-order valence-electron chi connectivity index (χ2n) is 7.55. The van der Waals surface area contributed by atoms with Crippen LogP contribution in [0.15, 0.2) is 29.3 Å². The molecular formula is C19H26F2N4O2S. The molecule has 1 heterocycles. The molecule has 1 aliphatic rings. The van der Waals surface area contributed by atoms with Gasteiger partial charge in [-0.3, -0.25) is 5.10 Å². The van der Waals surface area contributed by atoms with E-state index in [4.69, 9.17) is 5.73 Å². The number of halogens is 2. The molecular weight excluding hydrogens is 386 g/mol. The topological polar surface area (TPSA) is 92.1 Å². The van der Waals surface area contributed by atoms with E-state index in [2.05, 4.69) is 10.2 Å². The Morgan fingerprint density at radius 3 is 2.57 bits per heavy atom. The number of nitrogens with two attached hydrogens (primary N) is 1. The molecule has 0 bridgehead atoms. The van der Waals surface area contributed by atoms with Crippen LogP contribution in [0.2, 0.25) is 0 Å². The van der Waals surface area contributed by atoms with Crippen LogP contribution >= 0.6 is 0 Å². The first-order chi connectivity index (χ1) is 13.2. The molecule has 1 saturated carbocycles. The lowest BCUT2D eigenvalue weighted by molar-refractivity contribution is 0.214. The second-order valence-corrected chi connectivity index (χ2v) is 9.52. The van der Waals surface area contributed by atoms with E-state index in [0.29, 0.717) is 18.5 Å². The van der Waals surface area contributed by atoms with Crippen molar-refractivity contribution in [1.29, 1.82) is 0 Å². The molecule has 1 aromatic carbocycles. The highest BCUT2D eigenvalue weighted by Gasteiger charge is 2.34. The average molecular weight is 413 g/mol. The van der Waals surface area contributed by atoms with Gasteiger partial charge in [0.25, 0.3) is 0 Å². The van der Waals surface area contributed by atoms with E-state index in [1.165, 1.54) is 16.6 Å². The summed E-state index contributed by atoms with van der Waals surface area (Å²) < 4.78 is 54.2. The number of aromatic nitrogens is 2. The zero-order valence-electron chi connectivity index (χ0n) is 16.0. The van der Waals surface area contributed by atoms with E-state index < -0.39 is 21.7 Å². The highest BCUT2D eigenvalue weighted by Crippen LogP contribution is 2.32. The number of nitrogens with zero attached hydrogens (tertiary/aromatic N) is 2. The summed E-state index contributed by atoms with van der Waals surface area (Å²) in [6.45, 7) is 1.68. The fourth-order valence-corrected chi connectivity index (χ4v) is 5.50. The third-order valence-corrected chi connectivity index (χ3v) is 7.79. The molecule has 0 unspecified atom stereocenters. The lowest BCUT2D eigenvalue weighted by atomic mass is 9.80. The molecule has 0 spiro atoms. The van der Waals surface area contributed by atoms with E-state index in [9.17, 15) is 17.2 Å². The van der Waals surface area contributed by atoms with Crippen LogP contribution in [0.1, 0.15) is 36.9 Å². The lowest BCUT2D eigenvalue weighted by Crippen LogP contribution is -2.42. The van der Waals surface area contributed by atoms with Gasteiger partial charge in [0.2, 0.25) is 10.0 Å². The van der Waals surface area contributed by atoms with E-state index in [0.717, 1.165) is 25.0 Å². The van der Waals surface area contributed by atoms with Crippen molar-refractivity contribution >= 4 is 10.0 Å². The van der Waals surface area contributed by atoms with E-state index in [-0.39, 0.29) is 34.9 Å². The Balaban J connectivity index is 1.61. The van der Waals surface area contributed by atoms with Crippen LogP contribution in [0.25, 0.3) is 0 Å². The quantitative estimate of drug-likeness (QED) is 0.763. The fraction of sp³-hybridized carbons (Fsp3) is 0.526. The maximum absolute atomic E-state index is 13.9. The summed E-state index contributed by atoms with van der Waals surface area (Å²) in [5.41, 5.74) is 7.07. The normalized spacial score (nSPS) is 21.8. The van der Waals surface area contributed by atoms with Gasteiger partial charge in [0.1, 0.15) is 16.5 Å². The predicted octanol–water partition coefficient (Wildman–Crippen LogP) is 2.75. The van der Waals surface area contributed by atoms with Crippen molar-refractivity contribution in [2.24, 2.45) is 11.7 Å². The molecule has 154 valence electrons. The summed E-state index contributed by atoms with van der Waals surface area (Å²) >= 11 is 0. The van der Waals surface area contributed by atoms with Crippen molar-refractivity contribution in [1.82, 2.24) is 14.5 Å². The molecule has 1 atom stereocenters. The molecule has 3 rings (SSSR count). The van der Waals surface area contributed by atoms with Gasteiger partial charge in [0.05, 0.1) is 11.9 Å². The second kappa shape index (κ2) is 8.26. The first-order valence-corrected chi connectivity index (χ1v) is 10.8. The Labute approximate surface area is 164 Å². The number of H-pyrrole nitrogens is 1. The number of nitrogens with one attached hydrogen (secondary N) is 1. The molecule has 6 nitrogen and oxygen atoms in total. The molecule has 3 N–H and O–H groups in total. The molecule has 1 fully saturated rings. The average Bonchev–Trinajstić information content (AvgIpc) is 3.11. The third-order valence-electron chi connectivity index (χ3n) is 5.77. The number of benzene rings is 1. The fourth-order valence-electron chi connectivity index (χ4n) is 3.96. The Morgan fingerprint density at radius 2 is 1.96 bits per heavy atom. The summed E-state index contributed by atoms with van der Waals surface area (Å²) in [4.78, 5) is 0.190. The third kappa shape index (κ3) is 4.26. The Hall–Kier alpha value is -1.84. The van der Waals surface area contributed by atoms with Crippen LogP contribution in [0.3, 0.4) is 0 Å². The highest BCUT2D eigenvalue weighted by molar-refractivity contribution is 7.89. The molecule has 28 heavy (non-hydrogen) atoms. The van der Waals surface area contributed by atoms with Gasteiger partial charge in [-0.1, -0.05) is 0 Å². The van der Waals surface area contributed by atoms with Crippen LogP contribution < -0.4 is 5.73 Å². The number of hydrogen-bond donors (Lipinski definition) is 2. The summed E-state index contributed by atoms with van der Waals surface area (Å²) in [5, 5.41) is 6.46. The van der Waals surface area contributed by atoms with Gasteiger partial charge in [-0.25, -0.2) is 17.2 Å².